The zero-order chi connectivity index (χ0) is 15.2. The summed E-state index contributed by atoms with van der Waals surface area (Å²) >= 11 is 0. The van der Waals surface area contributed by atoms with Gasteiger partial charge in [0.2, 0.25) is 0 Å². The van der Waals surface area contributed by atoms with E-state index in [1.165, 1.54) is 4.90 Å². The number of nitrogens with zero attached hydrogens (tertiary/aromatic N) is 1. The first-order chi connectivity index (χ1) is 9.35. The van der Waals surface area contributed by atoms with Crippen LogP contribution >= 0.6 is 0 Å². The maximum absolute atomic E-state index is 12.2. The normalized spacial score (nSPS) is 10.6. The lowest BCUT2D eigenvalue weighted by molar-refractivity contribution is 0.0803. The average molecular weight is 295 g/mol. The molecular formula is C14H17NO4S. The van der Waals surface area contributed by atoms with Crippen LogP contribution in [0.15, 0.2) is 24.3 Å². The topological polar surface area (TPSA) is 74.7 Å². The van der Waals surface area contributed by atoms with Crippen LogP contribution in [-0.2, 0) is 9.84 Å². The molecule has 0 aliphatic heterocycles. The molecule has 1 rings (SSSR count). The molecule has 1 aromatic carbocycles. The number of carbonyl (C=O) groups is 1. The Morgan fingerprint density at radius 3 is 2.60 bits per heavy atom. The molecular weight excluding hydrogens is 278 g/mol. The van der Waals surface area contributed by atoms with Gasteiger partial charge in [-0.15, -0.1) is 0 Å². The third kappa shape index (κ3) is 5.03. The van der Waals surface area contributed by atoms with Gasteiger partial charge in [-0.05, 0) is 12.1 Å². The predicted octanol–water partition coefficient (Wildman–Crippen LogP) is 0.147. The first-order valence-electron chi connectivity index (χ1n) is 5.97. The molecule has 0 aromatic heterocycles. The lowest BCUT2D eigenvalue weighted by atomic mass is 10.1. The zero-order valence-electron chi connectivity index (χ0n) is 11.5. The fourth-order valence-electron chi connectivity index (χ4n) is 1.52. The van der Waals surface area contributed by atoms with Gasteiger partial charge >= 0.3 is 0 Å². The number of rotatable bonds is 4. The van der Waals surface area contributed by atoms with Crippen LogP contribution in [0.1, 0.15) is 15.9 Å². The van der Waals surface area contributed by atoms with Crippen molar-refractivity contribution in [2.24, 2.45) is 0 Å². The number of carbonyl (C=O) groups excluding carboxylic acids is 1. The van der Waals surface area contributed by atoms with Crippen LogP contribution in [0.4, 0.5) is 0 Å². The highest BCUT2D eigenvalue weighted by molar-refractivity contribution is 7.90. The highest BCUT2D eigenvalue weighted by Crippen LogP contribution is 2.10. The Morgan fingerprint density at radius 2 is 2.00 bits per heavy atom. The number of aliphatic hydroxyl groups excluding tert-OH is 1. The van der Waals surface area contributed by atoms with Crippen molar-refractivity contribution in [1.82, 2.24) is 4.90 Å². The van der Waals surface area contributed by atoms with E-state index in [9.17, 15) is 13.2 Å². The van der Waals surface area contributed by atoms with E-state index in [-0.39, 0.29) is 24.8 Å². The van der Waals surface area contributed by atoms with Crippen molar-refractivity contribution in [2.45, 2.75) is 0 Å². The Kier molecular flexibility index (Phi) is 5.74. The second kappa shape index (κ2) is 7.08. The van der Waals surface area contributed by atoms with Gasteiger partial charge in [-0.3, -0.25) is 4.79 Å². The average Bonchev–Trinajstić information content (AvgIpc) is 2.41. The third-order valence-electron chi connectivity index (χ3n) is 2.60. The minimum absolute atomic E-state index is 0.0836. The van der Waals surface area contributed by atoms with Crippen LogP contribution in [0.25, 0.3) is 0 Å². The Hall–Kier alpha value is -1.84. The van der Waals surface area contributed by atoms with Gasteiger partial charge in [0.15, 0.2) is 0 Å². The standard InChI is InChI=1S/C14H17NO4S/c1-15(9-11-20(2,18)19)14(17)13-8-4-3-6-12(13)7-5-10-16/h3-4,6,8,16H,9-11H2,1-2H3. The van der Waals surface area contributed by atoms with Gasteiger partial charge in [0.05, 0.1) is 11.3 Å². The summed E-state index contributed by atoms with van der Waals surface area (Å²) in [5, 5.41) is 8.70. The van der Waals surface area contributed by atoms with Gasteiger partial charge in [0, 0.05) is 25.4 Å². The fraction of sp³-hybridized carbons (Fsp3) is 0.357. The maximum Gasteiger partial charge on any atom is 0.254 e. The minimum Gasteiger partial charge on any atom is -0.384 e. The van der Waals surface area contributed by atoms with Crippen molar-refractivity contribution >= 4 is 15.7 Å². The second-order valence-electron chi connectivity index (χ2n) is 4.36. The largest absolute Gasteiger partial charge is 0.384 e. The van der Waals surface area contributed by atoms with Crippen molar-refractivity contribution in [3.63, 3.8) is 0 Å². The molecule has 1 N–H and O–H groups in total. The summed E-state index contributed by atoms with van der Waals surface area (Å²) in [4.78, 5) is 13.6. The van der Waals surface area contributed by atoms with E-state index < -0.39 is 9.84 Å². The summed E-state index contributed by atoms with van der Waals surface area (Å²) in [6.07, 6.45) is 1.13. The first kappa shape index (κ1) is 16.2. The van der Waals surface area contributed by atoms with Crippen LogP contribution in [0.5, 0.6) is 0 Å². The quantitative estimate of drug-likeness (QED) is 0.802. The molecule has 1 aromatic rings. The minimum atomic E-state index is -3.11. The van der Waals surface area contributed by atoms with Crippen LogP contribution in [-0.4, -0.2) is 56.5 Å². The molecule has 6 heteroatoms. The van der Waals surface area contributed by atoms with Crippen molar-refractivity contribution in [2.75, 3.05) is 32.2 Å². The van der Waals surface area contributed by atoms with Gasteiger partial charge in [-0.25, -0.2) is 8.42 Å². The molecule has 0 radical (unpaired) electrons. The number of benzene rings is 1. The summed E-state index contributed by atoms with van der Waals surface area (Å²) in [6.45, 7) is -0.161. The predicted molar refractivity (Wildman–Crippen MR) is 77.1 cm³/mol. The molecule has 108 valence electrons. The molecule has 0 fully saturated rings. The molecule has 1 amide bonds. The van der Waals surface area contributed by atoms with E-state index in [0.717, 1.165) is 6.26 Å². The van der Waals surface area contributed by atoms with E-state index in [0.29, 0.717) is 11.1 Å². The number of amides is 1. The van der Waals surface area contributed by atoms with Crippen LogP contribution in [0.3, 0.4) is 0 Å². The lowest BCUT2D eigenvalue weighted by Gasteiger charge is -2.17. The van der Waals surface area contributed by atoms with Crippen LogP contribution in [0.2, 0.25) is 0 Å². The molecule has 0 saturated carbocycles. The zero-order valence-corrected chi connectivity index (χ0v) is 12.3. The molecule has 0 unspecified atom stereocenters. The fourth-order valence-corrected chi connectivity index (χ4v) is 2.13. The summed E-state index contributed by atoms with van der Waals surface area (Å²) < 4.78 is 22.2. The smallest absolute Gasteiger partial charge is 0.254 e. The molecule has 0 spiro atoms. The van der Waals surface area contributed by atoms with E-state index in [1.807, 2.05) is 0 Å². The Labute approximate surface area is 119 Å². The Morgan fingerprint density at radius 1 is 1.35 bits per heavy atom. The summed E-state index contributed by atoms with van der Waals surface area (Å²) in [6, 6.07) is 6.76. The SMILES string of the molecule is CN(CCS(C)(=O)=O)C(=O)c1ccccc1C#CCO. The highest BCUT2D eigenvalue weighted by atomic mass is 32.2. The molecule has 20 heavy (non-hydrogen) atoms. The van der Waals surface area contributed by atoms with Gasteiger partial charge in [-0.2, -0.15) is 0 Å². The summed E-state index contributed by atoms with van der Waals surface area (Å²) in [7, 11) is -1.57. The summed E-state index contributed by atoms with van der Waals surface area (Å²) in [5.74, 6) is 4.82. The van der Waals surface area contributed by atoms with Gasteiger partial charge < -0.3 is 10.0 Å². The van der Waals surface area contributed by atoms with Crippen LogP contribution in [0, 0.1) is 11.8 Å². The molecule has 0 aliphatic carbocycles. The molecule has 5 nitrogen and oxygen atoms in total. The number of hydrogen-bond donors (Lipinski definition) is 1. The maximum atomic E-state index is 12.2. The lowest BCUT2D eigenvalue weighted by Crippen LogP contribution is -2.31. The Balaban J connectivity index is 2.92. The third-order valence-corrected chi connectivity index (χ3v) is 3.53. The summed E-state index contributed by atoms with van der Waals surface area (Å²) in [5.41, 5.74) is 0.905. The van der Waals surface area contributed by atoms with Gasteiger partial charge in [0.25, 0.3) is 5.91 Å². The van der Waals surface area contributed by atoms with Crippen molar-refractivity contribution in [3.05, 3.63) is 35.4 Å². The number of sulfone groups is 1. The number of hydrogen-bond acceptors (Lipinski definition) is 4. The van der Waals surface area contributed by atoms with Crippen molar-refractivity contribution in [3.8, 4) is 11.8 Å². The van der Waals surface area contributed by atoms with E-state index in [4.69, 9.17) is 5.11 Å². The highest BCUT2D eigenvalue weighted by Gasteiger charge is 2.16. The van der Waals surface area contributed by atoms with E-state index in [2.05, 4.69) is 11.8 Å². The van der Waals surface area contributed by atoms with Crippen LogP contribution < -0.4 is 0 Å². The molecule has 0 atom stereocenters. The van der Waals surface area contributed by atoms with Crippen molar-refractivity contribution in [1.29, 1.82) is 0 Å². The van der Waals surface area contributed by atoms with Gasteiger partial charge in [0.1, 0.15) is 16.4 Å². The first-order valence-corrected chi connectivity index (χ1v) is 8.03. The monoisotopic (exact) mass is 295 g/mol. The molecule has 0 aliphatic rings. The molecule has 0 saturated heterocycles. The number of aliphatic hydroxyl groups is 1. The van der Waals surface area contributed by atoms with Crippen molar-refractivity contribution < 1.29 is 18.3 Å². The van der Waals surface area contributed by atoms with Gasteiger partial charge in [-0.1, -0.05) is 24.0 Å². The second-order valence-corrected chi connectivity index (χ2v) is 6.62. The molecule has 0 heterocycles. The van der Waals surface area contributed by atoms with E-state index in [1.54, 1.807) is 31.3 Å². The Bertz CT molecular complexity index is 641. The van der Waals surface area contributed by atoms with E-state index >= 15 is 0 Å². The molecule has 0 bridgehead atoms.